The largest absolute Gasteiger partial charge is 0.474 e. The van der Waals surface area contributed by atoms with Gasteiger partial charge in [0.2, 0.25) is 5.88 Å². The van der Waals surface area contributed by atoms with Gasteiger partial charge in [0.1, 0.15) is 23.9 Å². The van der Waals surface area contributed by atoms with Gasteiger partial charge in [-0.2, -0.15) is 5.26 Å². The van der Waals surface area contributed by atoms with E-state index in [1.54, 1.807) is 12.3 Å². The molecule has 0 aromatic carbocycles. The van der Waals surface area contributed by atoms with E-state index in [1.807, 2.05) is 6.07 Å². The summed E-state index contributed by atoms with van der Waals surface area (Å²) >= 11 is 5.74. The molecule has 1 saturated carbocycles. The molecule has 4 heterocycles. The summed E-state index contributed by atoms with van der Waals surface area (Å²) in [7, 11) is 0. The van der Waals surface area contributed by atoms with Crippen LogP contribution in [0.2, 0.25) is 0 Å². The molecular weight excluding hydrogens is 566 g/mol. The van der Waals surface area contributed by atoms with Crippen molar-refractivity contribution >= 4 is 29.6 Å². The van der Waals surface area contributed by atoms with Crippen molar-refractivity contribution in [3.63, 3.8) is 0 Å². The maximum atomic E-state index is 14.7. The minimum atomic E-state index is -3.43. The van der Waals surface area contributed by atoms with E-state index >= 15 is 0 Å². The summed E-state index contributed by atoms with van der Waals surface area (Å²) in [6.45, 7) is -3.51. The second-order valence-corrected chi connectivity index (χ2v) is 12.4. The number of aliphatic hydroxyl groups is 1. The highest BCUT2D eigenvalue weighted by molar-refractivity contribution is 8.07. The number of nitriles is 1. The summed E-state index contributed by atoms with van der Waals surface area (Å²) in [6, 6.07) is 3.70. The Kier molecular flexibility index (Phi) is 9.17. The smallest absolute Gasteiger partial charge is 0.327 e. The number of aromatic amines is 1. The molecule has 16 heteroatoms. The van der Waals surface area contributed by atoms with Gasteiger partial charge in [0, 0.05) is 24.9 Å². The van der Waals surface area contributed by atoms with Gasteiger partial charge in [0.15, 0.2) is 17.7 Å². The number of hydrogen-bond acceptors (Lipinski definition) is 12. The Morgan fingerprint density at radius 2 is 2.20 bits per heavy atom. The van der Waals surface area contributed by atoms with Gasteiger partial charge in [-0.25, -0.2) is 19.3 Å². The Balaban J connectivity index is 1.30. The average Bonchev–Trinajstić information content (AvgIpc) is 3.66. The lowest BCUT2D eigenvalue weighted by molar-refractivity contribution is -0.0476. The van der Waals surface area contributed by atoms with Crippen molar-refractivity contribution in [2.45, 2.75) is 56.6 Å². The Morgan fingerprint density at radius 3 is 2.98 bits per heavy atom. The van der Waals surface area contributed by atoms with Crippen LogP contribution < -0.4 is 10.3 Å². The number of nitrogens with zero attached hydrogens (tertiary/aromatic N) is 5. The first-order chi connectivity index (χ1) is 19.4. The Labute approximate surface area is 233 Å². The number of halogens is 1. The fraction of sp³-hybridized carbons (Fsp3) is 0.542. The van der Waals surface area contributed by atoms with Crippen molar-refractivity contribution < 1.29 is 32.5 Å². The van der Waals surface area contributed by atoms with Crippen molar-refractivity contribution in [2.75, 3.05) is 19.8 Å². The van der Waals surface area contributed by atoms with Gasteiger partial charge in [0.05, 0.1) is 44.7 Å². The number of H-pyrrole nitrogens is 1. The van der Waals surface area contributed by atoms with E-state index in [4.69, 9.17) is 40.1 Å². The summed E-state index contributed by atoms with van der Waals surface area (Å²) in [6.07, 6.45) is 5.48. The van der Waals surface area contributed by atoms with Crippen LogP contribution in [-0.2, 0) is 30.1 Å². The molecule has 0 amide bonds. The predicted octanol–water partition coefficient (Wildman–Crippen LogP) is 2.74. The molecular formula is C24H28FN6O7PS. The van der Waals surface area contributed by atoms with E-state index < -0.39 is 36.5 Å². The minimum Gasteiger partial charge on any atom is -0.474 e. The van der Waals surface area contributed by atoms with E-state index in [9.17, 15) is 14.3 Å². The molecule has 3 aromatic rings. The summed E-state index contributed by atoms with van der Waals surface area (Å²) in [5, 5.41) is 18.6. The molecule has 1 saturated heterocycles. The summed E-state index contributed by atoms with van der Waals surface area (Å²) in [5.41, 5.74) is -0.582. The number of aliphatic hydroxyl groups excluding tert-OH is 1. The first-order valence-electron chi connectivity index (χ1n) is 12.8. The van der Waals surface area contributed by atoms with Gasteiger partial charge in [-0.15, -0.1) is 0 Å². The van der Waals surface area contributed by atoms with Gasteiger partial charge < -0.3 is 37.7 Å². The third-order valence-electron chi connectivity index (χ3n) is 6.72. The van der Waals surface area contributed by atoms with E-state index in [0.29, 0.717) is 12.3 Å². The third-order valence-corrected chi connectivity index (χ3v) is 9.11. The SMILES string of the molecule is N#CCCOP(=S)(OC[C@@H]1CC[C@H](Oc2ccncn2)C1)O[C@@H]1C[C@@H](CO)O[C@H]1n1cc(F)c2c(=O)[nH]cnc21. The minimum absolute atomic E-state index is 0.00241. The predicted molar refractivity (Wildman–Crippen MR) is 141 cm³/mol. The molecule has 0 spiro atoms. The summed E-state index contributed by atoms with van der Waals surface area (Å²) < 4.78 is 46.1. The van der Waals surface area contributed by atoms with Crippen LogP contribution in [0.15, 0.2) is 35.9 Å². The molecule has 2 N–H and O–H groups in total. The van der Waals surface area contributed by atoms with Crippen LogP contribution in [0.1, 0.15) is 38.3 Å². The second-order valence-electron chi connectivity index (χ2n) is 9.48. The first-order valence-corrected chi connectivity index (χ1v) is 15.3. The maximum Gasteiger partial charge on any atom is 0.327 e. The summed E-state index contributed by atoms with van der Waals surface area (Å²) in [4.78, 5) is 26.6. The topological polar surface area (TPSA) is 167 Å². The van der Waals surface area contributed by atoms with E-state index in [0.717, 1.165) is 25.4 Å². The molecule has 1 aliphatic carbocycles. The van der Waals surface area contributed by atoms with Crippen molar-refractivity contribution in [3.05, 3.63) is 47.3 Å². The Bertz CT molecular complexity index is 1450. The molecule has 6 atom stereocenters. The van der Waals surface area contributed by atoms with Crippen LogP contribution >= 0.6 is 6.72 Å². The molecule has 5 rings (SSSR count). The highest BCUT2D eigenvalue weighted by Crippen LogP contribution is 2.55. The lowest BCUT2D eigenvalue weighted by Crippen LogP contribution is -2.23. The Hall–Kier alpha value is -2.83. The molecule has 1 unspecified atom stereocenters. The van der Waals surface area contributed by atoms with Crippen LogP contribution in [0.25, 0.3) is 11.0 Å². The Morgan fingerprint density at radius 1 is 1.32 bits per heavy atom. The van der Waals surface area contributed by atoms with E-state index in [1.165, 1.54) is 10.9 Å². The molecule has 0 radical (unpaired) electrons. The van der Waals surface area contributed by atoms with Crippen LogP contribution in [0.3, 0.4) is 0 Å². The van der Waals surface area contributed by atoms with Gasteiger partial charge in [-0.1, -0.05) is 0 Å². The average molecular weight is 595 g/mol. The quantitative estimate of drug-likeness (QED) is 0.233. The zero-order chi connectivity index (χ0) is 28.1. The van der Waals surface area contributed by atoms with Crippen LogP contribution in [0.4, 0.5) is 4.39 Å². The van der Waals surface area contributed by atoms with Crippen LogP contribution in [0.5, 0.6) is 5.88 Å². The number of aromatic nitrogens is 5. The second kappa shape index (κ2) is 12.8. The highest BCUT2D eigenvalue weighted by atomic mass is 32.5. The molecule has 1 aliphatic heterocycles. The standard InChI is InChI=1S/C24H28FN6O7PS/c25-18-10-31(22-21(18)23(33)30-14-29-22)24-19(9-17(11-32)37-24)38-39(40,34-7-1-5-26)35-12-15-2-3-16(8-15)36-20-4-6-27-13-28-20/h4,6,10,13-17,19,24,32H,1-3,7-9,11-12H2,(H,29,30,33)/t15-,16+,17+,19-,24-,39?/m1/s1. The van der Waals surface area contributed by atoms with Gasteiger partial charge in [-0.3, -0.25) is 4.79 Å². The van der Waals surface area contributed by atoms with Crippen molar-refractivity contribution in [1.29, 1.82) is 5.26 Å². The van der Waals surface area contributed by atoms with Gasteiger partial charge in [-0.05, 0) is 37.0 Å². The normalized spacial score (nSPS) is 26.1. The molecule has 3 aromatic heterocycles. The maximum absolute atomic E-state index is 14.7. The molecule has 13 nitrogen and oxygen atoms in total. The lowest BCUT2D eigenvalue weighted by Gasteiger charge is -2.28. The molecule has 40 heavy (non-hydrogen) atoms. The number of ether oxygens (including phenoxy) is 2. The molecule has 2 aliphatic rings. The summed E-state index contributed by atoms with van der Waals surface area (Å²) in [5.74, 6) is -0.150. The lowest BCUT2D eigenvalue weighted by atomic mass is 10.1. The van der Waals surface area contributed by atoms with Gasteiger partial charge >= 0.3 is 6.72 Å². The molecule has 214 valence electrons. The van der Waals surface area contributed by atoms with Crippen molar-refractivity contribution in [1.82, 2.24) is 24.5 Å². The number of nitrogens with one attached hydrogen (secondary N) is 1. The number of hydrogen-bond donors (Lipinski definition) is 2. The van der Waals surface area contributed by atoms with Gasteiger partial charge in [0.25, 0.3) is 5.56 Å². The molecule has 0 bridgehead atoms. The number of rotatable bonds is 12. The highest BCUT2D eigenvalue weighted by Gasteiger charge is 2.42. The van der Waals surface area contributed by atoms with E-state index in [2.05, 4.69) is 19.9 Å². The van der Waals surface area contributed by atoms with Crippen molar-refractivity contribution in [3.8, 4) is 11.9 Å². The zero-order valence-corrected chi connectivity index (χ0v) is 23.0. The first kappa shape index (κ1) is 28.7. The molecule has 2 fully saturated rings. The fourth-order valence-corrected chi connectivity index (χ4v) is 7.05. The monoisotopic (exact) mass is 594 g/mol. The zero-order valence-electron chi connectivity index (χ0n) is 21.3. The van der Waals surface area contributed by atoms with Crippen LogP contribution in [-0.4, -0.2) is 67.7 Å². The van der Waals surface area contributed by atoms with E-state index in [-0.39, 0.29) is 55.7 Å². The van der Waals surface area contributed by atoms with Crippen molar-refractivity contribution in [2.24, 2.45) is 5.92 Å². The fourth-order valence-electron chi connectivity index (χ4n) is 4.89. The van der Waals surface area contributed by atoms with Crippen LogP contribution in [0, 0.1) is 23.1 Å². The number of fused-ring (bicyclic) bond motifs is 1. The third kappa shape index (κ3) is 6.55.